The molecule has 2 rings (SSSR count). The number of amides is 2. The minimum atomic E-state index is -0.291. The number of benzene rings is 1. The molecule has 0 aliphatic carbocycles. The molecule has 1 aromatic carbocycles. The number of halogens is 2. The van der Waals surface area contributed by atoms with E-state index in [4.69, 9.17) is 23.2 Å². The normalized spacial score (nSPS) is 17.2. The minimum Gasteiger partial charge on any atom is -0.340 e. The Hall–Kier alpha value is -1.30. The fourth-order valence-electron chi connectivity index (χ4n) is 2.42. The summed E-state index contributed by atoms with van der Waals surface area (Å²) in [4.78, 5) is 27.5. The van der Waals surface area contributed by atoms with E-state index in [1.165, 1.54) is 0 Å². The number of rotatable bonds is 3. The van der Waals surface area contributed by atoms with E-state index in [0.717, 1.165) is 0 Å². The first-order chi connectivity index (χ1) is 10.4. The Bertz CT molecular complexity index is 572. The summed E-state index contributed by atoms with van der Waals surface area (Å²) in [7, 11) is 0. The number of nitrogens with one attached hydrogen (secondary N) is 1. The zero-order chi connectivity index (χ0) is 16.3. The first kappa shape index (κ1) is 17.1. The maximum absolute atomic E-state index is 12.3. The molecule has 120 valence electrons. The molecule has 0 spiro atoms. The standard InChI is InChI=1S/C15H19Cl2N3O2/c1-10(19-5-7-20(8-6-19)11(2)21)15(22)18-14-4-3-12(16)9-13(14)17/h3-4,9-10H,5-8H2,1-2H3,(H,18,22). The van der Waals surface area contributed by atoms with Crippen molar-refractivity contribution >= 4 is 40.7 Å². The molecule has 2 amide bonds. The summed E-state index contributed by atoms with van der Waals surface area (Å²) in [5.41, 5.74) is 0.547. The third kappa shape index (κ3) is 4.12. The molecule has 0 bridgehead atoms. The summed E-state index contributed by atoms with van der Waals surface area (Å²) >= 11 is 11.9. The van der Waals surface area contributed by atoms with Crippen molar-refractivity contribution in [3.8, 4) is 0 Å². The van der Waals surface area contributed by atoms with E-state index in [-0.39, 0.29) is 17.9 Å². The van der Waals surface area contributed by atoms with Crippen LogP contribution in [0.3, 0.4) is 0 Å². The van der Waals surface area contributed by atoms with Gasteiger partial charge >= 0.3 is 0 Å². The molecule has 1 N–H and O–H groups in total. The Morgan fingerprint density at radius 3 is 2.36 bits per heavy atom. The summed E-state index contributed by atoms with van der Waals surface area (Å²) in [5.74, 6) is -0.0507. The number of nitrogens with zero attached hydrogens (tertiary/aromatic N) is 2. The van der Waals surface area contributed by atoms with E-state index in [2.05, 4.69) is 10.2 Å². The highest BCUT2D eigenvalue weighted by molar-refractivity contribution is 6.36. The summed E-state index contributed by atoms with van der Waals surface area (Å²) < 4.78 is 0. The van der Waals surface area contributed by atoms with Crippen LogP contribution in [0.15, 0.2) is 18.2 Å². The van der Waals surface area contributed by atoms with E-state index in [9.17, 15) is 9.59 Å². The number of hydrogen-bond donors (Lipinski definition) is 1. The Labute approximate surface area is 140 Å². The van der Waals surface area contributed by atoms with Crippen LogP contribution in [-0.4, -0.2) is 53.8 Å². The third-order valence-electron chi connectivity index (χ3n) is 3.88. The lowest BCUT2D eigenvalue weighted by molar-refractivity contribution is -0.131. The zero-order valence-corrected chi connectivity index (χ0v) is 14.1. The van der Waals surface area contributed by atoms with Gasteiger partial charge in [-0.25, -0.2) is 0 Å². The predicted molar refractivity (Wildman–Crippen MR) is 88.4 cm³/mol. The van der Waals surface area contributed by atoms with Gasteiger partial charge in [0, 0.05) is 38.1 Å². The second-order valence-electron chi connectivity index (χ2n) is 5.33. The summed E-state index contributed by atoms with van der Waals surface area (Å²) in [6, 6.07) is 4.66. The number of piperazine rings is 1. The van der Waals surface area contributed by atoms with Crippen molar-refractivity contribution in [2.24, 2.45) is 0 Å². The van der Waals surface area contributed by atoms with Crippen molar-refractivity contribution in [2.45, 2.75) is 19.9 Å². The Kier molecular flexibility index (Phi) is 5.67. The Morgan fingerprint density at radius 2 is 1.82 bits per heavy atom. The lowest BCUT2D eigenvalue weighted by Gasteiger charge is -2.37. The molecule has 5 nitrogen and oxygen atoms in total. The van der Waals surface area contributed by atoms with Crippen LogP contribution in [-0.2, 0) is 9.59 Å². The van der Waals surface area contributed by atoms with E-state index in [1.807, 2.05) is 6.92 Å². The van der Waals surface area contributed by atoms with Gasteiger partial charge in [-0.05, 0) is 25.1 Å². The van der Waals surface area contributed by atoms with Crippen LogP contribution in [0, 0.1) is 0 Å². The lowest BCUT2D eigenvalue weighted by Crippen LogP contribution is -2.53. The molecule has 0 aromatic heterocycles. The molecule has 1 aromatic rings. The molecule has 1 atom stereocenters. The monoisotopic (exact) mass is 343 g/mol. The van der Waals surface area contributed by atoms with Crippen molar-refractivity contribution in [3.05, 3.63) is 28.2 Å². The van der Waals surface area contributed by atoms with E-state index >= 15 is 0 Å². The van der Waals surface area contributed by atoms with Crippen LogP contribution in [0.5, 0.6) is 0 Å². The van der Waals surface area contributed by atoms with Gasteiger partial charge in [0.2, 0.25) is 11.8 Å². The lowest BCUT2D eigenvalue weighted by atomic mass is 10.2. The highest BCUT2D eigenvalue weighted by Gasteiger charge is 2.26. The van der Waals surface area contributed by atoms with Gasteiger partial charge in [0.25, 0.3) is 0 Å². The molecule has 0 radical (unpaired) electrons. The Balaban J connectivity index is 1.94. The first-order valence-corrected chi connectivity index (χ1v) is 7.89. The van der Waals surface area contributed by atoms with Crippen molar-refractivity contribution < 1.29 is 9.59 Å². The molecular weight excluding hydrogens is 325 g/mol. The highest BCUT2D eigenvalue weighted by Crippen LogP contribution is 2.25. The van der Waals surface area contributed by atoms with Crippen molar-refractivity contribution in [3.63, 3.8) is 0 Å². The number of carbonyl (C=O) groups excluding carboxylic acids is 2. The average molecular weight is 344 g/mol. The van der Waals surface area contributed by atoms with E-state index in [1.54, 1.807) is 30.0 Å². The molecule has 1 saturated heterocycles. The van der Waals surface area contributed by atoms with Crippen LogP contribution in [0.1, 0.15) is 13.8 Å². The minimum absolute atomic E-state index is 0.0738. The quantitative estimate of drug-likeness (QED) is 0.917. The molecule has 1 heterocycles. The fourth-order valence-corrected chi connectivity index (χ4v) is 2.87. The number of carbonyl (C=O) groups is 2. The molecule has 1 aliphatic rings. The third-order valence-corrected chi connectivity index (χ3v) is 4.42. The van der Waals surface area contributed by atoms with Crippen LogP contribution >= 0.6 is 23.2 Å². The second-order valence-corrected chi connectivity index (χ2v) is 6.18. The van der Waals surface area contributed by atoms with Gasteiger partial charge in [-0.3, -0.25) is 14.5 Å². The molecule has 22 heavy (non-hydrogen) atoms. The van der Waals surface area contributed by atoms with E-state index < -0.39 is 0 Å². The number of anilines is 1. The van der Waals surface area contributed by atoms with Gasteiger partial charge in [-0.15, -0.1) is 0 Å². The summed E-state index contributed by atoms with van der Waals surface area (Å²) in [5, 5.41) is 3.75. The van der Waals surface area contributed by atoms with Crippen LogP contribution in [0.4, 0.5) is 5.69 Å². The zero-order valence-electron chi connectivity index (χ0n) is 12.6. The highest BCUT2D eigenvalue weighted by atomic mass is 35.5. The second kappa shape index (κ2) is 7.31. The smallest absolute Gasteiger partial charge is 0.241 e. The van der Waals surface area contributed by atoms with Gasteiger partial charge in [0.15, 0.2) is 0 Å². The fraction of sp³-hybridized carbons (Fsp3) is 0.467. The maximum atomic E-state index is 12.3. The molecule has 1 unspecified atom stereocenters. The van der Waals surface area contributed by atoms with Gasteiger partial charge in [-0.1, -0.05) is 23.2 Å². The van der Waals surface area contributed by atoms with Gasteiger partial charge < -0.3 is 10.2 Å². The van der Waals surface area contributed by atoms with Gasteiger partial charge in [-0.2, -0.15) is 0 Å². The number of hydrogen-bond acceptors (Lipinski definition) is 3. The van der Waals surface area contributed by atoms with Crippen molar-refractivity contribution in [1.29, 1.82) is 0 Å². The first-order valence-electron chi connectivity index (χ1n) is 7.14. The SMILES string of the molecule is CC(=O)N1CCN(C(C)C(=O)Nc2ccc(Cl)cc2Cl)CC1. The molecule has 7 heteroatoms. The van der Waals surface area contributed by atoms with Crippen LogP contribution in [0.2, 0.25) is 10.0 Å². The predicted octanol–water partition coefficient (Wildman–Crippen LogP) is 2.48. The van der Waals surface area contributed by atoms with Crippen LogP contribution in [0.25, 0.3) is 0 Å². The Morgan fingerprint density at radius 1 is 1.18 bits per heavy atom. The summed E-state index contributed by atoms with van der Waals surface area (Å²) in [6.45, 7) is 6.07. The average Bonchev–Trinajstić information content (AvgIpc) is 2.49. The molecule has 1 aliphatic heterocycles. The molecule has 1 fully saturated rings. The van der Waals surface area contributed by atoms with Gasteiger partial charge in [0.05, 0.1) is 16.8 Å². The van der Waals surface area contributed by atoms with E-state index in [0.29, 0.717) is 41.9 Å². The molecule has 0 saturated carbocycles. The molecular formula is C15H19Cl2N3O2. The van der Waals surface area contributed by atoms with Crippen molar-refractivity contribution in [2.75, 3.05) is 31.5 Å². The summed E-state index contributed by atoms with van der Waals surface area (Å²) in [6.07, 6.45) is 0. The largest absolute Gasteiger partial charge is 0.340 e. The van der Waals surface area contributed by atoms with Crippen molar-refractivity contribution in [1.82, 2.24) is 9.80 Å². The van der Waals surface area contributed by atoms with Crippen LogP contribution < -0.4 is 5.32 Å². The topological polar surface area (TPSA) is 52.7 Å². The maximum Gasteiger partial charge on any atom is 0.241 e. The van der Waals surface area contributed by atoms with Gasteiger partial charge in [0.1, 0.15) is 0 Å².